The lowest BCUT2D eigenvalue weighted by Crippen LogP contribution is -1.98. The van der Waals surface area contributed by atoms with Crippen LogP contribution in [0, 0.1) is 24.4 Å². The number of hydrogen-bond donors (Lipinski definition) is 0. The molecular weight excluding hydrogens is 169 g/mol. The van der Waals surface area contributed by atoms with Crippen molar-refractivity contribution in [1.82, 2.24) is 0 Å². The molecule has 0 saturated carbocycles. The van der Waals surface area contributed by atoms with Crippen LogP contribution in [0.3, 0.4) is 0 Å². The molecule has 1 nitrogen and oxygen atoms in total. The Bertz CT molecular complexity index is 310. The maximum atomic E-state index is 12.7. The maximum Gasteiger partial charge on any atom is 0.203 e. The molecule has 0 aromatic heterocycles. The van der Waals surface area contributed by atoms with Crippen LogP contribution in [0.2, 0.25) is 0 Å². The van der Waals surface area contributed by atoms with E-state index in [2.05, 4.69) is 4.74 Å². The van der Waals surface area contributed by atoms with Crippen LogP contribution in [-0.2, 0) is 0 Å². The van der Waals surface area contributed by atoms with Gasteiger partial charge in [0, 0.05) is 0 Å². The second kappa shape index (κ2) is 3.05. The third-order valence-corrected chi connectivity index (χ3v) is 1.52. The zero-order valence-electron chi connectivity index (χ0n) is 6.62. The minimum atomic E-state index is -1.49. The lowest BCUT2D eigenvalue weighted by atomic mass is 10.2. The average Bonchev–Trinajstić information content (AvgIpc) is 2.08. The van der Waals surface area contributed by atoms with E-state index in [0.717, 1.165) is 6.07 Å². The van der Waals surface area contributed by atoms with Crippen molar-refractivity contribution >= 4 is 0 Å². The molecule has 4 heteroatoms. The number of hydrogen-bond acceptors (Lipinski definition) is 1. The van der Waals surface area contributed by atoms with Crippen molar-refractivity contribution < 1.29 is 17.9 Å². The largest absolute Gasteiger partial charge is 0.494 e. The Morgan fingerprint density at radius 1 is 1.08 bits per heavy atom. The first-order valence-electron chi connectivity index (χ1n) is 3.26. The van der Waals surface area contributed by atoms with E-state index in [1.165, 1.54) is 14.0 Å². The number of ether oxygens (including phenoxy) is 1. The van der Waals surface area contributed by atoms with Crippen LogP contribution in [0.5, 0.6) is 5.75 Å². The molecule has 0 aliphatic rings. The van der Waals surface area contributed by atoms with E-state index in [-0.39, 0.29) is 11.3 Å². The summed E-state index contributed by atoms with van der Waals surface area (Å²) in [7, 11) is 1.19. The Morgan fingerprint density at radius 3 is 2.17 bits per heavy atom. The highest BCUT2D eigenvalue weighted by molar-refractivity contribution is 5.31. The molecule has 0 heterocycles. The predicted octanol–water partition coefficient (Wildman–Crippen LogP) is 2.42. The van der Waals surface area contributed by atoms with E-state index in [1.54, 1.807) is 0 Å². The quantitative estimate of drug-likeness (QED) is 0.597. The molecule has 0 bridgehead atoms. The van der Waals surface area contributed by atoms with Gasteiger partial charge in [-0.2, -0.15) is 4.39 Å². The fourth-order valence-electron chi connectivity index (χ4n) is 0.850. The summed E-state index contributed by atoms with van der Waals surface area (Å²) in [5, 5.41) is 0. The van der Waals surface area contributed by atoms with Gasteiger partial charge in [-0.15, -0.1) is 0 Å². The van der Waals surface area contributed by atoms with Crippen LogP contribution in [-0.4, -0.2) is 7.11 Å². The van der Waals surface area contributed by atoms with Crippen molar-refractivity contribution in [1.29, 1.82) is 0 Å². The molecule has 0 unspecified atom stereocenters. The van der Waals surface area contributed by atoms with Crippen molar-refractivity contribution in [3.63, 3.8) is 0 Å². The molecule has 0 atom stereocenters. The lowest BCUT2D eigenvalue weighted by molar-refractivity contribution is 0.359. The van der Waals surface area contributed by atoms with E-state index in [0.29, 0.717) is 0 Å². The Balaban J connectivity index is 3.39. The minimum absolute atomic E-state index is 0.0192. The number of aryl methyl sites for hydroxylation is 1. The molecule has 0 aliphatic heterocycles. The summed E-state index contributed by atoms with van der Waals surface area (Å²) < 4.78 is 42.4. The first-order chi connectivity index (χ1) is 5.57. The third-order valence-electron chi connectivity index (χ3n) is 1.52. The van der Waals surface area contributed by atoms with Gasteiger partial charge in [-0.1, -0.05) is 0 Å². The number of rotatable bonds is 1. The van der Waals surface area contributed by atoms with E-state index in [1.807, 2.05) is 0 Å². The smallest absolute Gasteiger partial charge is 0.203 e. The van der Waals surface area contributed by atoms with E-state index in [4.69, 9.17) is 0 Å². The van der Waals surface area contributed by atoms with Gasteiger partial charge < -0.3 is 4.74 Å². The highest BCUT2D eigenvalue weighted by atomic mass is 19.2. The van der Waals surface area contributed by atoms with Crippen LogP contribution in [0.15, 0.2) is 6.07 Å². The second-order valence-corrected chi connectivity index (χ2v) is 2.34. The van der Waals surface area contributed by atoms with Gasteiger partial charge in [-0.25, -0.2) is 8.78 Å². The Kier molecular flexibility index (Phi) is 2.26. The Hall–Kier alpha value is -1.19. The molecule has 0 amide bonds. The molecule has 0 saturated heterocycles. The number of benzene rings is 1. The molecule has 66 valence electrons. The molecule has 12 heavy (non-hydrogen) atoms. The Morgan fingerprint density at radius 2 is 1.67 bits per heavy atom. The summed E-state index contributed by atoms with van der Waals surface area (Å²) in [5.74, 6) is -4.24. The molecule has 1 rings (SSSR count). The highest BCUT2D eigenvalue weighted by Gasteiger charge is 2.16. The van der Waals surface area contributed by atoms with Crippen molar-refractivity contribution in [3.05, 3.63) is 29.1 Å². The fraction of sp³-hybridized carbons (Fsp3) is 0.250. The molecule has 0 spiro atoms. The van der Waals surface area contributed by atoms with Crippen LogP contribution >= 0.6 is 0 Å². The zero-order valence-corrected chi connectivity index (χ0v) is 6.62. The van der Waals surface area contributed by atoms with Gasteiger partial charge in [0.1, 0.15) is 0 Å². The van der Waals surface area contributed by atoms with Gasteiger partial charge in [-0.05, 0) is 18.6 Å². The van der Waals surface area contributed by atoms with Gasteiger partial charge in [0.2, 0.25) is 5.82 Å². The van der Waals surface area contributed by atoms with Crippen LogP contribution < -0.4 is 4.74 Å². The monoisotopic (exact) mass is 176 g/mol. The topological polar surface area (TPSA) is 9.23 Å². The average molecular weight is 176 g/mol. The summed E-state index contributed by atoms with van der Waals surface area (Å²) in [6.07, 6.45) is 0. The first-order valence-corrected chi connectivity index (χ1v) is 3.26. The van der Waals surface area contributed by atoms with Gasteiger partial charge >= 0.3 is 0 Å². The minimum Gasteiger partial charge on any atom is -0.494 e. The van der Waals surface area contributed by atoms with Crippen molar-refractivity contribution in [2.75, 3.05) is 7.11 Å². The van der Waals surface area contributed by atoms with Crippen molar-refractivity contribution in [2.45, 2.75) is 6.92 Å². The van der Waals surface area contributed by atoms with Gasteiger partial charge in [0.05, 0.1) is 7.11 Å². The van der Waals surface area contributed by atoms with Gasteiger partial charge in [0.25, 0.3) is 0 Å². The third kappa shape index (κ3) is 1.24. The van der Waals surface area contributed by atoms with E-state index < -0.39 is 17.5 Å². The Labute approximate surface area is 67.8 Å². The van der Waals surface area contributed by atoms with Crippen LogP contribution in [0.1, 0.15) is 5.56 Å². The van der Waals surface area contributed by atoms with E-state index in [9.17, 15) is 13.2 Å². The number of halogens is 3. The molecule has 0 fully saturated rings. The standard InChI is InChI=1S/C8H7F3O/c1-4-3-5(12-2)7(10)8(11)6(4)9/h3H,1-2H3. The van der Waals surface area contributed by atoms with Crippen LogP contribution in [0.4, 0.5) is 13.2 Å². The van der Waals surface area contributed by atoms with Gasteiger partial charge in [0.15, 0.2) is 17.4 Å². The SMILES string of the molecule is COc1cc(C)c(F)c(F)c1F. The summed E-state index contributed by atoms with van der Waals surface area (Å²) in [5.41, 5.74) is 0.0192. The van der Waals surface area contributed by atoms with Crippen molar-refractivity contribution in [3.8, 4) is 5.75 Å². The van der Waals surface area contributed by atoms with E-state index >= 15 is 0 Å². The molecule has 0 radical (unpaired) electrons. The summed E-state index contributed by atoms with van der Waals surface area (Å²) >= 11 is 0. The molecule has 0 N–H and O–H groups in total. The normalized spacial score (nSPS) is 10.1. The summed E-state index contributed by atoms with van der Waals surface area (Å²) in [4.78, 5) is 0. The summed E-state index contributed by atoms with van der Waals surface area (Å²) in [6.45, 7) is 1.33. The molecule has 0 aliphatic carbocycles. The highest BCUT2D eigenvalue weighted by Crippen LogP contribution is 2.24. The zero-order chi connectivity index (χ0) is 9.30. The predicted molar refractivity (Wildman–Crippen MR) is 37.6 cm³/mol. The number of methoxy groups -OCH3 is 1. The fourth-order valence-corrected chi connectivity index (χ4v) is 0.850. The first kappa shape index (κ1) is 8.90. The van der Waals surface area contributed by atoms with Crippen molar-refractivity contribution in [2.24, 2.45) is 0 Å². The maximum absolute atomic E-state index is 12.7. The van der Waals surface area contributed by atoms with Gasteiger partial charge in [-0.3, -0.25) is 0 Å². The second-order valence-electron chi connectivity index (χ2n) is 2.34. The molecule has 1 aromatic rings. The summed E-state index contributed by atoms with van der Waals surface area (Å²) in [6, 6.07) is 1.10. The molecule has 1 aromatic carbocycles. The van der Waals surface area contributed by atoms with Crippen LogP contribution in [0.25, 0.3) is 0 Å². The lowest BCUT2D eigenvalue weighted by Gasteiger charge is -2.04. The molecular formula is C8H7F3O.